The van der Waals surface area contributed by atoms with Crippen molar-refractivity contribution in [1.29, 1.82) is 0 Å². The Hall–Kier alpha value is -3.63. The topological polar surface area (TPSA) is 86.9 Å². The van der Waals surface area contributed by atoms with Gasteiger partial charge in [-0.15, -0.1) is 0 Å². The molecule has 5 rings (SSSR count). The second kappa shape index (κ2) is 10.2. The van der Waals surface area contributed by atoms with E-state index in [2.05, 4.69) is 14.9 Å². The molecule has 0 spiro atoms. The first-order valence-electron chi connectivity index (χ1n) is 12.1. The Balaban J connectivity index is 1.57. The van der Waals surface area contributed by atoms with Crippen molar-refractivity contribution in [3.8, 4) is 22.8 Å². The van der Waals surface area contributed by atoms with Gasteiger partial charge < -0.3 is 24.1 Å². The van der Waals surface area contributed by atoms with E-state index in [0.29, 0.717) is 44.5 Å². The van der Waals surface area contributed by atoms with Crippen LogP contribution in [0, 0.1) is 0 Å². The van der Waals surface area contributed by atoms with Gasteiger partial charge in [0.15, 0.2) is 0 Å². The van der Waals surface area contributed by atoms with Crippen LogP contribution in [0.15, 0.2) is 41.5 Å². The molecule has 0 aliphatic carbocycles. The fourth-order valence-corrected chi connectivity index (χ4v) is 4.60. The van der Waals surface area contributed by atoms with Crippen molar-refractivity contribution in [3.63, 3.8) is 0 Å². The lowest BCUT2D eigenvalue weighted by atomic mass is 10.0. The van der Waals surface area contributed by atoms with Crippen molar-refractivity contribution in [2.45, 2.75) is 6.42 Å². The summed E-state index contributed by atoms with van der Waals surface area (Å²) in [5.41, 5.74) is 4.01. The number of imidazole rings is 1. The highest BCUT2D eigenvalue weighted by Crippen LogP contribution is 2.36. The summed E-state index contributed by atoms with van der Waals surface area (Å²) in [5.74, 6) is 1.28. The third-order valence-corrected chi connectivity index (χ3v) is 6.50. The average Bonchev–Trinajstić information content (AvgIpc) is 3.16. The second-order valence-electron chi connectivity index (χ2n) is 9.17. The number of methoxy groups -OCH3 is 1. The first kappa shape index (κ1) is 24.1. The molecule has 0 saturated carbocycles. The molecular weight excluding hydrogens is 460 g/mol. The summed E-state index contributed by atoms with van der Waals surface area (Å²) in [5, 5.41) is 2.91. The number of aryl methyl sites for hydroxylation is 1. The quantitative estimate of drug-likeness (QED) is 0.346. The largest absolute Gasteiger partial charge is 0.496 e. The molecule has 4 heterocycles. The Bertz CT molecular complexity index is 1420. The number of fused-ring (bicyclic) bond motifs is 3. The summed E-state index contributed by atoms with van der Waals surface area (Å²) in [4.78, 5) is 24.5. The van der Waals surface area contributed by atoms with E-state index in [4.69, 9.17) is 14.2 Å². The highest BCUT2D eigenvalue weighted by molar-refractivity contribution is 6.05. The molecule has 1 fully saturated rings. The van der Waals surface area contributed by atoms with E-state index in [1.54, 1.807) is 35.8 Å². The number of rotatable bonds is 8. The van der Waals surface area contributed by atoms with Crippen molar-refractivity contribution in [1.82, 2.24) is 24.1 Å². The van der Waals surface area contributed by atoms with Crippen LogP contribution >= 0.6 is 0 Å². The summed E-state index contributed by atoms with van der Waals surface area (Å²) in [6, 6.07) is 7.80. The third kappa shape index (κ3) is 4.49. The Morgan fingerprint density at radius 1 is 1.11 bits per heavy atom. The van der Waals surface area contributed by atoms with Gasteiger partial charge in [-0.25, -0.2) is 14.5 Å². The molecule has 0 amide bonds. The van der Waals surface area contributed by atoms with Crippen molar-refractivity contribution in [3.05, 3.63) is 47.1 Å². The minimum Gasteiger partial charge on any atom is -0.496 e. The molecule has 1 aliphatic rings. The van der Waals surface area contributed by atoms with Gasteiger partial charge in [-0.2, -0.15) is 0 Å². The van der Waals surface area contributed by atoms with Crippen LogP contribution in [0.5, 0.6) is 11.6 Å². The van der Waals surface area contributed by atoms with Gasteiger partial charge >= 0.3 is 5.69 Å². The molecule has 0 radical (unpaired) electrons. The number of benzene rings is 1. The van der Waals surface area contributed by atoms with Crippen molar-refractivity contribution in [2.75, 3.05) is 65.7 Å². The number of hydrogen-bond donors (Lipinski definition) is 0. The summed E-state index contributed by atoms with van der Waals surface area (Å²) in [7, 11) is 7.51. The Morgan fingerprint density at radius 3 is 2.61 bits per heavy atom. The molecule has 0 bridgehead atoms. The van der Waals surface area contributed by atoms with Crippen molar-refractivity contribution >= 4 is 21.9 Å². The zero-order chi connectivity index (χ0) is 25.2. The van der Waals surface area contributed by atoms with Gasteiger partial charge in [0.1, 0.15) is 11.3 Å². The SMILES string of the molecule is COc1cc2ncc3c(c2cc1-c1ccc(OCCCN(C)C)nc1)n(N1CCOCC1)c(=O)n3C. The number of morpholine rings is 1. The van der Waals surface area contributed by atoms with E-state index >= 15 is 0 Å². The third-order valence-electron chi connectivity index (χ3n) is 6.50. The van der Waals surface area contributed by atoms with E-state index in [-0.39, 0.29) is 5.69 Å². The van der Waals surface area contributed by atoms with Crippen LogP contribution in [-0.2, 0) is 11.8 Å². The lowest BCUT2D eigenvalue weighted by molar-refractivity contribution is 0.111. The normalized spacial score (nSPS) is 14.2. The molecule has 10 nitrogen and oxygen atoms in total. The van der Waals surface area contributed by atoms with Crippen LogP contribution in [-0.4, -0.2) is 84.8 Å². The molecule has 0 N–H and O–H groups in total. The molecule has 4 aromatic rings. The van der Waals surface area contributed by atoms with Crippen molar-refractivity contribution in [2.24, 2.45) is 7.05 Å². The molecule has 0 atom stereocenters. The lowest BCUT2D eigenvalue weighted by Crippen LogP contribution is -2.48. The molecule has 10 heteroatoms. The predicted octanol–water partition coefficient (Wildman–Crippen LogP) is 2.26. The molecular formula is C26H32N6O4. The fraction of sp³-hybridized carbons (Fsp3) is 0.423. The molecule has 1 saturated heterocycles. The standard InChI is InChI=1S/C26H32N6O4/c1-29(2)8-5-11-36-24-7-6-18(16-28-24)19-14-20-21(15-23(19)34-4)27-17-22-25(20)32(26(33)30(22)3)31-9-12-35-13-10-31/h6-7,14-17H,5,8-13H2,1-4H3. The fourth-order valence-electron chi connectivity index (χ4n) is 4.60. The van der Waals surface area contributed by atoms with Crippen LogP contribution in [0.25, 0.3) is 33.1 Å². The van der Waals surface area contributed by atoms with E-state index in [0.717, 1.165) is 46.0 Å². The first-order valence-corrected chi connectivity index (χ1v) is 12.1. The zero-order valence-corrected chi connectivity index (χ0v) is 21.2. The van der Waals surface area contributed by atoms with Gasteiger partial charge in [0.05, 0.1) is 57.3 Å². The second-order valence-corrected chi connectivity index (χ2v) is 9.17. The van der Waals surface area contributed by atoms with Crippen LogP contribution in [0.1, 0.15) is 6.42 Å². The van der Waals surface area contributed by atoms with Gasteiger partial charge in [-0.05, 0) is 32.6 Å². The Labute approximate surface area is 209 Å². The van der Waals surface area contributed by atoms with Crippen LogP contribution in [0.2, 0.25) is 0 Å². The Morgan fingerprint density at radius 2 is 1.92 bits per heavy atom. The number of aromatic nitrogens is 4. The van der Waals surface area contributed by atoms with Gasteiger partial charge in [-0.1, -0.05) is 0 Å². The van der Waals surface area contributed by atoms with E-state index in [1.807, 2.05) is 43.4 Å². The molecule has 1 aromatic carbocycles. The smallest absolute Gasteiger partial charge is 0.347 e. The van der Waals surface area contributed by atoms with Gasteiger partial charge in [-0.3, -0.25) is 9.55 Å². The predicted molar refractivity (Wildman–Crippen MR) is 140 cm³/mol. The number of hydrogen-bond acceptors (Lipinski definition) is 8. The zero-order valence-electron chi connectivity index (χ0n) is 21.2. The van der Waals surface area contributed by atoms with E-state index in [1.165, 1.54) is 0 Å². The average molecular weight is 493 g/mol. The minimum atomic E-state index is -0.101. The summed E-state index contributed by atoms with van der Waals surface area (Å²) in [6.45, 7) is 4.03. The van der Waals surface area contributed by atoms with Gasteiger partial charge in [0.25, 0.3) is 0 Å². The van der Waals surface area contributed by atoms with Crippen molar-refractivity contribution < 1.29 is 14.2 Å². The molecule has 3 aromatic heterocycles. The number of ether oxygens (including phenoxy) is 3. The maximum atomic E-state index is 13.3. The van der Waals surface area contributed by atoms with Gasteiger partial charge in [0.2, 0.25) is 5.88 Å². The summed E-state index contributed by atoms with van der Waals surface area (Å²) >= 11 is 0. The minimum absolute atomic E-state index is 0.101. The highest BCUT2D eigenvalue weighted by Gasteiger charge is 2.22. The van der Waals surface area contributed by atoms with E-state index < -0.39 is 0 Å². The van der Waals surface area contributed by atoms with Crippen LogP contribution < -0.4 is 20.2 Å². The van der Waals surface area contributed by atoms with E-state index in [9.17, 15) is 4.79 Å². The number of nitrogens with zero attached hydrogens (tertiary/aromatic N) is 6. The summed E-state index contributed by atoms with van der Waals surface area (Å²) in [6.07, 6.45) is 4.47. The Kier molecular flexibility index (Phi) is 6.80. The monoisotopic (exact) mass is 492 g/mol. The molecule has 0 unspecified atom stereocenters. The maximum Gasteiger partial charge on any atom is 0.347 e. The molecule has 1 aliphatic heterocycles. The summed E-state index contributed by atoms with van der Waals surface area (Å²) < 4.78 is 20.4. The van der Waals surface area contributed by atoms with Crippen LogP contribution in [0.4, 0.5) is 0 Å². The van der Waals surface area contributed by atoms with Gasteiger partial charge in [0, 0.05) is 48.4 Å². The highest BCUT2D eigenvalue weighted by atomic mass is 16.5. The molecule has 190 valence electrons. The maximum absolute atomic E-state index is 13.3. The first-order chi connectivity index (χ1) is 17.5. The lowest BCUT2D eigenvalue weighted by Gasteiger charge is -2.29. The number of pyridine rings is 2. The van der Waals surface area contributed by atoms with Crippen LogP contribution in [0.3, 0.4) is 0 Å². The molecule has 36 heavy (non-hydrogen) atoms.